The fourth-order valence-electron chi connectivity index (χ4n) is 6.62. The number of rotatable bonds is 46. The molecule has 0 radical (unpaired) electrons. The molecule has 0 rings (SSSR count). The first-order valence-corrected chi connectivity index (χ1v) is 27.0. The Bertz CT molecular complexity index is 1610. The highest BCUT2D eigenvalue weighted by Crippen LogP contribution is 2.12. The Labute approximate surface area is 422 Å². The van der Waals surface area contributed by atoms with Crippen LogP contribution >= 0.6 is 0 Å². The van der Waals surface area contributed by atoms with Crippen LogP contribution < -0.4 is 0 Å². The molecule has 0 aliphatic rings. The van der Waals surface area contributed by atoms with Crippen LogP contribution in [0.3, 0.4) is 0 Å². The SMILES string of the molecule is CC/C=C\C/C=C\C/C=C\C/C=C\C/C=C\CCCCCCCCCC(=O)OCC(COC(=O)CCCCC/C=C\C/C=C\C/C=C\CC)OC(=O)C/C=C\C/C=C\C/C=C\C/C=C\C/C=C\CC. The van der Waals surface area contributed by atoms with Gasteiger partial charge in [-0.3, -0.25) is 14.4 Å². The molecule has 0 aromatic heterocycles. The number of allylic oxidation sites excluding steroid dienone is 25. The molecule has 0 bridgehead atoms. The van der Waals surface area contributed by atoms with Crippen LogP contribution in [0.1, 0.15) is 201 Å². The lowest BCUT2D eigenvalue weighted by Gasteiger charge is -2.18. The average molecular weight is 949 g/mol. The van der Waals surface area contributed by atoms with Crippen LogP contribution in [0.15, 0.2) is 158 Å². The molecule has 1 atom stereocenters. The van der Waals surface area contributed by atoms with Crippen molar-refractivity contribution in [2.75, 3.05) is 13.2 Å². The molecule has 0 amide bonds. The summed E-state index contributed by atoms with van der Waals surface area (Å²) >= 11 is 0. The van der Waals surface area contributed by atoms with Crippen molar-refractivity contribution in [3.05, 3.63) is 158 Å². The maximum atomic E-state index is 12.8. The van der Waals surface area contributed by atoms with Crippen LogP contribution in [0.2, 0.25) is 0 Å². The largest absolute Gasteiger partial charge is 0.462 e. The number of carbonyl (C=O) groups excluding carboxylic acids is 3. The first-order chi connectivity index (χ1) is 34.0. The van der Waals surface area contributed by atoms with Crippen LogP contribution in [-0.2, 0) is 28.6 Å². The number of carbonyl (C=O) groups is 3. The summed E-state index contributed by atoms with van der Waals surface area (Å²) in [6.45, 7) is 6.15. The zero-order chi connectivity index (χ0) is 50.0. The summed E-state index contributed by atoms with van der Waals surface area (Å²) in [6.07, 6.45) is 81.2. The van der Waals surface area contributed by atoms with E-state index < -0.39 is 12.1 Å². The van der Waals surface area contributed by atoms with Gasteiger partial charge in [0.15, 0.2) is 6.10 Å². The zero-order valence-electron chi connectivity index (χ0n) is 43.8. The summed E-state index contributed by atoms with van der Waals surface area (Å²) < 4.78 is 16.7. The average Bonchev–Trinajstić information content (AvgIpc) is 3.35. The Morgan fingerprint density at radius 2 is 0.565 bits per heavy atom. The molecule has 0 aromatic rings. The summed E-state index contributed by atoms with van der Waals surface area (Å²) in [5, 5.41) is 0. The third-order valence-electron chi connectivity index (χ3n) is 10.5. The predicted molar refractivity (Wildman–Crippen MR) is 297 cm³/mol. The van der Waals surface area contributed by atoms with Gasteiger partial charge >= 0.3 is 17.9 Å². The highest BCUT2D eigenvalue weighted by atomic mass is 16.6. The fraction of sp³-hybridized carbons (Fsp3) is 0.540. The van der Waals surface area contributed by atoms with Gasteiger partial charge in [-0.1, -0.05) is 217 Å². The van der Waals surface area contributed by atoms with Gasteiger partial charge in [-0.05, 0) is 122 Å². The van der Waals surface area contributed by atoms with E-state index in [0.717, 1.165) is 135 Å². The van der Waals surface area contributed by atoms with Crippen LogP contribution in [0.25, 0.3) is 0 Å². The van der Waals surface area contributed by atoms with Gasteiger partial charge in [0.1, 0.15) is 13.2 Å². The van der Waals surface area contributed by atoms with Gasteiger partial charge < -0.3 is 14.2 Å². The van der Waals surface area contributed by atoms with E-state index in [1.807, 2.05) is 6.08 Å². The molecule has 0 spiro atoms. The standard InChI is InChI=1S/C63H96O6/c1-4-7-10-13-16-19-22-25-27-28-29-30-31-32-33-34-36-38-41-44-47-50-53-56-62(65)68-59-60(58-67-61(64)55-52-49-46-43-40-37-24-21-18-15-12-9-6-3)69-63(66)57-54-51-48-45-42-39-35-26-23-20-17-14-11-8-5-2/h7-12,16-21,25-27,29-30,32-33,35,37,40,42,45,51,54,60H,4-6,13-15,22-24,28,31,34,36,38-39,41,43-44,46-50,52-53,55-59H2,1-3H3/b10-7-,11-8-,12-9-,19-16-,20-17-,21-18-,27-25-,30-29-,33-32-,35-26-,40-37-,45-42-,54-51-. The van der Waals surface area contributed by atoms with Gasteiger partial charge in [0, 0.05) is 12.8 Å². The second kappa shape index (κ2) is 55.6. The molecule has 0 saturated heterocycles. The van der Waals surface area contributed by atoms with Gasteiger partial charge in [-0.15, -0.1) is 0 Å². The first-order valence-electron chi connectivity index (χ1n) is 27.0. The van der Waals surface area contributed by atoms with Crippen molar-refractivity contribution in [3.8, 4) is 0 Å². The topological polar surface area (TPSA) is 78.9 Å². The Kier molecular flexibility index (Phi) is 51.6. The molecular formula is C63H96O6. The lowest BCUT2D eigenvalue weighted by Crippen LogP contribution is -2.30. The third-order valence-corrected chi connectivity index (χ3v) is 10.5. The van der Waals surface area contributed by atoms with E-state index in [-0.39, 0.29) is 31.6 Å². The minimum atomic E-state index is -0.857. The Morgan fingerprint density at radius 1 is 0.304 bits per heavy atom. The van der Waals surface area contributed by atoms with E-state index >= 15 is 0 Å². The minimum absolute atomic E-state index is 0.0797. The molecular weight excluding hydrogens is 853 g/mol. The van der Waals surface area contributed by atoms with E-state index in [1.54, 1.807) is 6.08 Å². The molecule has 0 aliphatic carbocycles. The van der Waals surface area contributed by atoms with Gasteiger partial charge in [0.2, 0.25) is 0 Å². The van der Waals surface area contributed by atoms with Crippen molar-refractivity contribution in [1.82, 2.24) is 0 Å². The first kappa shape index (κ1) is 64.0. The van der Waals surface area contributed by atoms with E-state index in [2.05, 4.69) is 167 Å². The summed E-state index contributed by atoms with van der Waals surface area (Å²) in [5.74, 6) is -1.12. The monoisotopic (exact) mass is 949 g/mol. The van der Waals surface area contributed by atoms with Crippen molar-refractivity contribution in [2.24, 2.45) is 0 Å². The highest BCUT2D eigenvalue weighted by Gasteiger charge is 2.19. The molecule has 6 nitrogen and oxygen atoms in total. The van der Waals surface area contributed by atoms with E-state index in [1.165, 1.54) is 19.3 Å². The lowest BCUT2D eigenvalue weighted by molar-refractivity contribution is -0.166. The van der Waals surface area contributed by atoms with Crippen molar-refractivity contribution < 1.29 is 28.6 Å². The van der Waals surface area contributed by atoms with Crippen LogP contribution in [-0.4, -0.2) is 37.2 Å². The zero-order valence-corrected chi connectivity index (χ0v) is 43.8. The molecule has 0 aliphatic heterocycles. The number of unbranched alkanes of at least 4 members (excludes halogenated alkanes) is 10. The van der Waals surface area contributed by atoms with Crippen molar-refractivity contribution in [3.63, 3.8) is 0 Å². The third kappa shape index (κ3) is 53.8. The quantitative estimate of drug-likeness (QED) is 0.0262. The Balaban J connectivity index is 4.52. The maximum absolute atomic E-state index is 12.8. The lowest BCUT2D eigenvalue weighted by atomic mass is 10.1. The van der Waals surface area contributed by atoms with E-state index in [0.29, 0.717) is 19.3 Å². The molecule has 0 heterocycles. The molecule has 384 valence electrons. The molecule has 0 N–H and O–H groups in total. The molecule has 0 fully saturated rings. The number of esters is 3. The minimum Gasteiger partial charge on any atom is -0.462 e. The Morgan fingerprint density at radius 3 is 0.899 bits per heavy atom. The second-order valence-corrected chi connectivity index (χ2v) is 17.0. The summed E-state index contributed by atoms with van der Waals surface area (Å²) in [4.78, 5) is 38.0. The Hall–Kier alpha value is -4.97. The molecule has 6 heteroatoms. The molecule has 0 saturated carbocycles. The van der Waals surface area contributed by atoms with E-state index in [4.69, 9.17) is 14.2 Å². The van der Waals surface area contributed by atoms with Gasteiger partial charge in [0.05, 0.1) is 6.42 Å². The summed E-state index contributed by atoms with van der Waals surface area (Å²) in [5.41, 5.74) is 0. The molecule has 1 unspecified atom stereocenters. The predicted octanol–water partition coefficient (Wildman–Crippen LogP) is 18.2. The number of hydrogen-bond acceptors (Lipinski definition) is 6. The highest BCUT2D eigenvalue weighted by molar-refractivity contribution is 5.72. The van der Waals surface area contributed by atoms with Gasteiger partial charge in [-0.25, -0.2) is 0 Å². The van der Waals surface area contributed by atoms with Crippen molar-refractivity contribution in [1.29, 1.82) is 0 Å². The molecule has 69 heavy (non-hydrogen) atoms. The second-order valence-electron chi connectivity index (χ2n) is 17.0. The van der Waals surface area contributed by atoms with Crippen molar-refractivity contribution in [2.45, 2.75) is 207 Å². The van der Waals surface area contributed by atoms with Crippen LogP contribution in [0.5, 0.6) is 0 Å². The van der Waals surface area contributed by atoms with Gasteiger partial charge in [0.25, 0.3) is 0 Å². The summed E-state index contributed by atoms with van der Waals surface area (Å²) in [7, 11) is 0. The normalized spacial score (nSPS) is 13.4. The summed E-state index contributed by atoms with van der Waals surface area (Å²) in [6, 6.07) is 0. The van der Waals surface area contributed by atoms with E-state index in [9.17, 15) is 14.4 Å². The van der Waals surface area contributed by atoms with Crippen molar-refractivity contribution >= 4 is 17.9 Å². The molecule has 0 aromatic carbocycles. The maximum Gasteiger partial charge on any atom is 0.310 e. The fourth-order valence-corrected chi connectivity index (χ4v) is 6.62. The van der Waals surface area contributed by atoms with Crippen LogP contribution in [0.4, 0.5) is 0 Å². The van der Waals surface area contributed by atoms with Crippen LogP contribution in [0, 0.1) is 0 Å². The number of hydrogen-bond donors (Lipinski definition) is 0. The smallest absolute Gasteiger partial charge is 0.310 e. The van der Waals surface area contributed by atoms with Gasteiger partial charge in [-0.2, -0.15) is 0 Å². The number of ether oxygens (including phenoxy) is 3.